The van der Waals surface area contributed by atoms with E-state index in [1.54, 1.807) is 0 Å². The molecule has 0 saturated carbocycles. The SMILES string of the molecule is CCC(S)C(S)CS(=O)(=O)O. The standard InChI is InChI=1S/C5H12O3S3/c1-2-4(9)5(10)3-11(6,7)8/h4-5,9-10H,2-3H2,1H3,(H,6,7,8). The minimum Gasteiger partial charge on any atom is -0.286 e. The minimum absolute atomic E-state index is 0.0970. The first-order valence-corrected chi connectivity index (χ1v) is 5.82. The monoisotopic (exact) mass is 216 g/mol. The fourth-order valence-electron chi connectivity index (χ4n) is 0.599. The molecule has 0 aromatic rings. The highest BCUT2D eigenvalue weighted by Gasteiger charge is 2.18. The normalized spacial score (nSPS) is 17.8. The summed E-state index contributed by atoms with van der Waals surface area (Å²) in [6.45, 7) is 1.88. The molecule has 0 spiro atoms. The van der Waals surface area contributed by atoms with Crippen LogP contribution < -0.4 is 0 Å². The first-order valence-electron chi connectivity index (χ1n) is 3.18. The van der Waals surface area contributed by atoms with E-state index in [1.165, 1.54) is 0 Å². The molecule has 2 atom stereocenters. The van der Waals surface area contributed by atoms with Gasteiger partial charge in [0, 0.05) is 10.5 Å². The average molecular weight is 216 g/mol. The Morgan fingerprint density at radius 3 is 2.09 bits per heavy atom. The molecule has 0 bridgehead atoms. The lowest BCUT2D eigenvalue weighted by Gasteiger charge is -2.13. The highest BCUT2D eigenvalue weighted by Crippen LogP contribution is 2.13. The van der Waals surface area contributed by atoms with E-state index in [4.69, 9.17) is 4.55 Å². The third-order valence-electron chi connectivity index (χ3n) is 1.24. The average Bonchev–Trinajstić information content (AvgIpc) is 1.82. The summed E-state index contributed by atoms with van der Waals surface area (Å²) in [5.74, 6) is -0.335. The molecular weight excluding hydrogens is 204 g/mol. The van der Waals surface area contributed by atoms with Crippen LogP contribution in [0.25, 0.3) is 0 Å². The van der Waals surface area contributed by atoms with Gasteiger partial charge in [0.25, 0.3) is 10.1 Å². The Labute approximate surface area is 78.1 Å². The Morgan fingerprint density at radius 2 is 1.82 bits per heavy atom. The molecule has 0 aliphatic rings. The van der Waals surface area contributed by atoms with Crippen LogP contribution in [0.4, 0.5) is 0 Å². The Bertz CT molecular complexity index is 199. The number of hydrogen-bond acceptors (Lipinski definition) is 4. The van der Waals surface area contributed by atoms with Crippen LogP contribution >= 0.6 is 25.3 Å². The van der Waals surface area contributed by atoms with E-state index in [9.17, 15) is 8.42 Å². The number of thiol groups is 2. The van der Waals surface area contributed by atoms with Gasteiger partial charge in [0.15, 0.2) is 0 Å². The lowest BCUT2D eigenvalue weighted by atomic mass is 10.2. The molecule has 68 valence electrons. The van der Waals surface area contributed by atoms with Crippen LogP contribution in [-0.2, 0) is 10.1 Å². The molecule has 0 rings (SSSR count). The van der Waals surface area contributed by atoms with Crippen molar-refractivity contribution in [1.82, 2.24) is 0 Å². The van der Waals surface area contributed by atoms with Crippen LogP contribution in [-0.4, -0.2) is 29.2 Å². The quantitative estimate of drug-likeness (QED) is 0.483. The van der Waals surface area contributed by atoms with Gasteiger partial charge >= 0.3 is 0 Å². The zero-order valence-corrected chi connectivity index (χ0v) is 8.74. The first kappa shape index (κ1) is 11.6. The molecule has 11 heavy (non-hydrogen) atoms. The summed E-state index contributed by atoms with van der Waals surface area (Å²) in [7, 11) is -3.90. The second-order valence-corrected chi connectivity index (χ2v) is 5.12. The molecule has 0 aliphatic heterocycles. The zero-order chi connectivity index (χ0) is 9.07. The van der Waals surface area contributed by atoms with E-state index in [0.29, 0.717) is 0 Å². The minimum atomic E-state index is -3.90. The highest BCUT2D eigenvalue weighted by atomic mass is 32.2. The summed E-state index contributed by atoms with van der Waals surface area (Å²) in [6.07, 6.45) is 0.729. The maximum Gasteiger partial charge on any atom is 0.265 e. The molecule has 0 amide bonds. The van der Waals surface area contributed by atoms with Gasteiger partial charge in [-0.15, -0.1) is 0 Å². The lowest BCUT2D eigenvalue weighted by Crippen LogP contribution is -2.24. The van der Waals surface area contributed by atoms with Crippen LogP contribution in [0, 0.1) is 0 Å². The first-order chi connectivity index (χ1) is 4.87. The summed E-state index contributed by atoms with van der Waals surface area (Å²) in [5.41, 5.74) is 0. The predicted molar refractivity (Wildman–Crippen MR) is 52.3 cm³/mol. The van der Waals surface area contributed by atoms with Gasteiger partial charge in [-0.2, -0.15) is 33.7 Å². The van der Waals surface area contributed by atoms with Crippen molar-refractivity contribution < 1.29 is 13.0 Å². The Morgan fingerprint density at radius 1 is 1.36 bits per heavy atom. The van der Waals surface area contributed by atoms with Gasteiger partial charge in [0.05, 0.1) is 5.75 Å². The van der Waals surface area contributed by atoms with Crippen molar-refractivity contribution in [2.75, 3.05) is 5.75 Å². The van der Waals surface area contributed by atoms with Gasteiger partial charge < -0.3 is 0 Å². The van der Waals surface area contributed by atoms with Crippen LogP contribution in [0.1, 0.15) is 13.3 Å². The molecule has 0 heterocycles. The zero-order valence-electron chi connectivity index (χ0n) is 6.14. The molecule has 1 N–H and O–H groups in total. The Balaban J connectivity index is 3.98. The van der Waals surface area contributed by atoms with Crippen molar-refractivity contribution in [3.05, 3.63) is 0 Å². The van der Waals surface area contributed by atoms with Gasteiger partial charge in [-0.1, -0.05) is 6.92 Å². The molecular formula is C5H12O3S3. The van der Waals surface area contributed by atoms with Gasteiger partial charge in [0.1, 0.15) is 0 Å². The van der Waals surface area contributed by atoms with Crippen molar-refractivity contribution in [1.29, 1.82) is 0 Å². The van der Waals surface area contributed by atoms with Crippen LogP contribution in [0.5, 0.6) is 0 Å². The largest absolute Gasteiger partial charge is 0.286 e. The van der Waals surface area contributed by atoms with E-state index in [2.05, 4.69) is 25.3 Å². The maximum atomic E-state index is 10.3. The molecule has 0 aromatic heterocycles. The van der Waals surface area contributed by atoms with Gasteiger partial charge in [-0.05, 0) is 6.42 Å². The molecule has 0 fully saturated rings. The summed E-state index contributed by atoms with van der Waals surface area (Å²) in [6, 6.07) is 0. The molecule has 2 unspecified atom stereocenters. The van der Waals surface area contributed by atoms with E-state index in [1.807, 2.05) is 6.92 Å². The summed E-state index contributed by atoms with van der Waals surface area (Å²) in [4.78, 5) is 0. The van der Waals surface area contributed by atoms with Crippen LogP contribution in [0.3, 0.4) is 0 Å². The smallest absolute Gasteiger partial charge is 0.265 e. The van der Waals surface area contributed by atoms with Crippen molar-refractivity contribution in [2.24, 2.45) is 0 Å². The van der Waals surface area contributed by atoms with Gasteiger partial charge in [-0.25, -0.2) is 0 Å². The second-order valence-electron chi connectivity index (χ2n) is 2.29. The molecule has 0 radical (unpaired) electrons. The van der Waals surface area contributed by atoms with Crippen molar-refractivity contribution in [3.8, 4) is 0 Å². The molecule has 0 aliphatic carbocycles. The van der Waals surface area contributed by atoms with Crippen molar-refractivity contribution in [2.45, 2.75) is 23.8 Å². The van der Waals surface area contributed by atoms with Crippen LogP contribution in [0.2, 0.25) is 0 Å². The van der Waals surface area contributed by atoms with Crippen LogP contribution in [0.15, 0.2) is 0 Å². The fourth-order valence-corrected chi connectivity index (χ4v) is 2.29. The van der Waals surface area contributed by atoms with Gasteiger partial charge in [0.2, 0.25) is 0 Å². The molecule has 6 heteroatoms. The fraction of sp³-hybridized carbons (Fsp3) is 1.00. The lowest BCUT2D eigenvalue weighted by molar-refractivity contribution is 0.481. The molecule has 0 aromatic carbocycles. The highest BCUT2D eigenvalue weighted by molar-refractivity contribution is 7.89. The summed E-state index contributed by atoms with van der Waals surface area (Å²) >= 11 is 8.07. The maximum absolute atomic E-state index is 10.3. The number of hydrogen-bond donors (Lipinski definition) is 3. The van der Waals surface area contributed by atoms with Crippen molar-refractivity contribution >= 4 is 35.4 Å². The molecule has 0 saturated heterocycles. The topological polar surface area (TPSA) is 54.4 Å². The Kier molecular flexibility index (Phi) is 4.85. The third kappa shape index (κ3) is 5.84. The van der Waals surface area contributed by atoms with E-state index >= 15 is 0 Å². The number of rotatable bonds is 4. The van der Waals surface area contributed by atoms with Crippen molar-refractivity contribution in [3.63, 3.8) is 0 Å². The van der Waals surface area contributed by atoms with E-state index < -0.39 is 15.4 Å². The third-order valence-corrected chi connectivity index (χ3v) is 3.77. The summed E-state index contributed by atoms with van der Waals surface area (Å²) in [5, 5.41) is -0.501. The summed E-state index contributed by atoms with van der Waals surface area (Å²) < 4.78 is 29.1. The predicted octanol–water partition coefficient (Wildman–Crippen LogP) is 0.881. The molecule has 3 nitrogen and oxygen atoms in total. The van der Waals surface area contributed by atoms with E-state index in [-0.39, 0.29) is 11.0 Å². The van der Waals surface area contributed by atoms with Gasteiger partial charge in [-0.3, -0.25) is 4.55 Å². The second kappa shape index (κ2) is 4.59. The van der Waals surface area contributed by atoms with E-state index in [0.717, 1.165) is 6.42 Å². The Hall–Kier alpha value is 0.610.